The van der Waals surface area contributed by atoms with Gasteiger partial charge in [0.25, 0.3) is 0 Å². The molecular formula is C20H31N3O3. The molecule has 3 saturated heterocycles. The molecule has 0 aromatic rings. The highest BCUT2D eigenvalue weighted by atomic mass is 16.5. The van der Waals surface area contributed by atoms with Crippen molar-refractivity contribution in [2.24, 2.45) is 23.2 Å². The topological polar surface area (TPSA) is 53.1 Å². The van der Waals surface area contributed by atoms with Gasteiger partial charge < -0.3 is 14.5 Å². The van der Waals surface area contributed by atoms with E-state index in [1.54, 1.807) is 0 Å². The van der Waals surface area contributed by atoms with Gasteiger partial charge in [-0.3, -0.25) is 9.69 Å². The summed E-state index contributed by atoms with van der Waals surface area (Å²) in [5.41, 5.74) is 0.342. The lowest BCUT2D eigenvalue weighted by Crippen LogP contribution is -2.52. The van der Waals surface area contributed by atoms with Gasteiger partial charge in [-0.2, -0.15) is 0 Å². The number of carbonyl (C=O) groups excluding carboxylic acids is 2. The molecular weight excluding hydrogens is 330 g/mol. The number of rotatable bonds is 2. The Bertz CT molecular complexity index is 585. The molecule has 26 heavy (non-hydrogen) atoms. The zero-order chi connectivity index (χ0) is 17.9. The second-order valence-corrected chi connectivity index (χ2v) is 9.40. The number of hydrogen-bond acceptors (Lipinski definition) is 4. The summed E-state index contributed by atoms with van der Waals surface area (Å²) in [6.07, 6.45) is 7.03. The fourth-order valence-electron chi connectivity index (χ4n) is 6.30. The number of hydrogen-bond donors (Lipinski definition) is 0. The SMILES string of the molecule is COC(=O)N1CCC2(CC(N3CC4C(C3)C4C(=O)N3CCCCC3)C2)C1. The van der Waals surface area contributed by atoms with Crippen molar-refractivity contribution in [3.8, 4) is 0 Å². The van der Waals surface area contributed by atoms with Crippen LogP contribution < -0.4 is 0 Å². The van der Waals surface area contributed by atoms with E-state index in [1.165, 1.54) is 39.2 Å². The van der Waals surface area contributed by atoms with Crippen LogP contribution in [0.3, 0.4) is 0 Å². The van der Waals surface area contributed by atoms with E-state index < -0.39 is 0 Å². The van der Waals surface area contributed by atoms with Crippen LogP contribution in [0.2, 0.25) is 0 Å². The molecule has 2 amide bonds. The van der Waals surface area contributed by atoms with Crippen LogP contribution in [0.15, 0.2) is 0 Å². The van der Waals surface area contributed by atoms with Gasteiger partial charge in [0.15, 0.2) is 0 Å². The number of fused-ring (bicyclic) bond motifs is 1. The molecule has 0 aromatic carbocycles. The maximum Gasteiger partial charge on any atom is 0.409 e. The predicted molar refractivity (Wildman–Crippen MR) is 96.5 cm³/mol. The van der Waals surface area contributed by atoms with Crippen molar-refractivity contribution in [1.82, 2.24) is 14.7 Å². The minimum atomic E-state index is -0.174. The lowest BCUT2D eigenvalue weighted by atomic mass is 9.64. The van der Waals surface area contributed by atoms with Crippen LogP contribution in [-0.2, 0) is 9.53 Å². The van der Waals surface area contributed by atoms with E-state index in [-0.39, 0.29) is 6.09 Å². The van der Waals surface area contributed by atoms with Crippen LogP contribution in [-0.4, -0.2) is 79.1 Å². The first-order valence-electron chi connectivity index (χ1n) is 10.5. The molecule has 5 rings (SSSR count). The van der Waals surface area contributed by atoms with Crippen molar-refractivity contribution in [3.63, 3.8) is 0 Å². The van der Waals surface area contributed by atoms with E-state index >= 15 is 0 Å². The summed E-state index contributed by atoms with van der Waals surface area (Å²) >= 11 is 0. The molecule has 3 heterocycles. The highest BCUT2D eigenvalue weighted by Gasteiger charge is 2.62. The molecule has 6 nitrogen and oxygen atoms in total. The zero-order valence-corrected chi connectivity index (χ0v) is 15.9. The summed E-state index contributed by atoms with van der Waals surface area (Å²) in [5.74, 6) is 2.03. The number of carbonyl (C=O) groups is 2. The average molecular weight is 361 g/mol. The summed E-state index contributed by atoms with van der Waals surface area (Å²) in [6.45, 7) is 5.93. The van der Waals surface area contributed by atoms with Crippen molar-refractivity contribution in [2.45, 2.75) is 44.6 Å². The van der Waals surface area contributed by atoms with E-state index in [0.29, 0.717) is 35.1 Å². The van der Waals surface area contributed by atoms with E-state index in [0.717, 1.165) is 45.7 Å². The summed E-state index contributed by atoms with van der Waals surface area (Å²) in [6, 6.07) is 0.672. The normalized spacial score (nSPS) is 41.9. The fourth-order valence-corrected chi connectivity index (χ4v) is 6.30. The molecule has 5 aliphatic rings. The number of likely N-dealkylation sites (tertiary alicyclic amines) is 3. The van der Waals surface area contributed by atoms with E-state index in [9.17, 15) is 9.59 Å². The third kappa shape index (κ3) is 2.63. The maximum atomic E-state index is 12.7. The Kier molecular flexibility index (Phi) is 3.96. The Labute approximate surface area is 155 Å². The van der Waals surface area contributed by atoms with Crippen molar-refractivity contribution in [2.75, 3.05) is 46.4 Å². The summed E-state index contributed by atoms with van der Waals surface area (Å²) in [7, 11) is 1.47. The Morgan fingerprint density at radius 3 is 2.31 bits per heavy atom. The first kappa shape index (κ1) is 16.8. The van der Waals surface area contributed by atoms with Crippen LogP contribution >= 0.6 is 0 Å². The number of piperidine rings is 2. The van der Waals surface area contributed by atoms with Crippen LogP contribution in [0.25, 0.3) is 0 Å². The predicted octanol–water partition coefficient (Wildman–Crippen LogP) is 1.80. The first-order chi connectivity index (χ1) is 12.6. The number of methoxy groups -OCH3 is 1. The molecule has 0 bridgehead atoms. The third-order valence-electron chi connectivity index (χ3n) is 7.90. The Morgan fingerprint density at radius 1 is 0.962 bits per heavy atom. The highest BCUT2D eigenvalue weighted by Crippen LogP contribution is 2.57. The molecule has 2 aliphatic carbocycles. The molecule has 0 N–H and O–H groups in total. The molecule has 0 radical (unpaired) electrons. The van der Waals surface area contributed by atoms with Gasteiger partial charge in [0, 0.05) is 51.2 Å². The minimum Gasteiger partial charge on any atom is -0.453 e. The quantitative estimate of drug-likeness (QED) is 0.753. The van der Waals surface area contributed by atoms with Gasteiger partial charge >= 0.3 is 6.09 Å². The van der Waals surface area contributed by atoms with E-state index in [2.05, 4.69) is 9.80 Å². The maximum absolute atomic E-state index is 12.7. The molecule has 6 heteroatoms. The number of nitrogens with zero attached hydrogens (tertiary/aromatic N) is 3. The van der Waals surface area contributed by atoms with Gasteiger partial charge in [0.2, 0.25) is 5.91 Å². The van der Waals surface area contributed by atoms with E-state index in [4.69, 9.17) is 4.74 Å². The molecule has 3 aliphatic heterocycles. The van der Waals surface area contributed by atoms with Crippen molar-refractivity contribution >= 4 is 12.0 Å². The van der Waals surface area contributed by atoms with Crippen LogP contribution in [0.4, 0.5) is 4.79 Å². The van der Waals surface area contributed by atoms with Crippen molar-refractivity contribution < 1.29 is 14.3 Å². The van der Waals surface area contributed by atoms with Crippen LogP contribution in [0.5, 0.6) is 0 Å². The summed E-state index contributed by atoms with van der Waals surface area (Å²) in [4.78, 5) is 31.1. The number of ether oxygens (including phenoxy) is 1. The zero-order valence-electron chi connectivity index (χ0n) is 15.9. The molecule has 1 spiro atoms. The number of amides is 2. The molecule has 144 valence electrons. The molecule has 2 unspecified atom stereocenters. The van der Waals surface area contributed by atoms with Crippen LogP contribution in [0, 0.1) is 23.2 Å². The van der Waals surface area contributed by atoms with Crippen LogP contribution in [0.1, 0.15) is 38.5 Å². The standard InChI is InChI=1S/C20H31N3O3/c1-26-19(25)22-8-5-20(13-22)9-14(10-20)23-11-15-16(12-23)17(15)18(24)21-6-3-2-4-7-21/h14-17H,2-13H2,1H3. The Hall–Kier alpha value is -1.30. The second-order valence-electron chi connectivity index (χ2n) is 9.40. The molecule has 2 atom stereocenters. The van der Waals surface area contributed by atoms with Gasteiger partial charge in [0.1, 0.15) is 0 Å². The smallest absolute Gasteiger partial charge is 0.409 e. The van der Waals surface area contributed by atoms with Crippen molar-refractivity contribution in [3.05, 3.63) is 0 Å². The van der Waals surface area contributed by atoms with Gasteiger partial charge in [-0.05, 0) is 55.8 Å². The molecule has 0 aromatic heterocycles. The monoisotopic (exact) mass is 361 g/mol. The average Bonchev–Trinajstić information content (AvgIpc) is 3.02. The summed E-state index contributed by atoms with van der Waals surface area (Å²) in [5, 5.41) is 0. The van der Waals surface area contributed by atoms with E-state index in [1.807, 2.05) is 4.90 Å². The fraction of sp³-hybridized carbons (Fsp3) is 0.900. The minimum absolute atomic E-state index is 0.174. The lowest BCUT2D eigenvalue weighted by Gasteiger charge is -2.49. The third-order valence-corrected chi connectivity index (χ3v) is 7.90. The first-order valence-corrected chi connectivity index (χ1v) is 10.5. The van der Waals surface area contributed by atoms with Gasteiger partial charge in [-0.15, -0.1) is 0 Å². The largest absolute Gasteiger partial charge is 0.453 e. The second kappa shape index (κ2) is 6.11. The molecule has 2 saturated carbocycles. The van der Waals surface area contributed by atoms with Gasteiger partial charge in [0.05, 0.1) is 7.11 Å². The molecule has 5 fully saturated rings. The lowest BCUT2D eigenvalue weighted by molar-refractivity contribution is -0.134. The van der Waals surface area contributed by atoms with Gasteiger partial charge in [-0.1, -0.05) is 0 Å². The van der Waals surface area contributed by atoms with Crippen molar-refractivity contribution in [1.29, 1.82) is 0 Å². The highest BCUT2D eigenvalue weighted by molar-refractivity contribution is 5.82. The Balaban J connectivity index is 1.09. The van der Waals surface area contributed by atoms with Gasteiger partial charge in [-0.25, -0.2) is 4.79 Å². The Morgan fingerprint density at radius 2 is 1.65 bits per heavy atom. The summed E-state index contributed by atoms with van der Waals surface area (Å²) < 4.78 is 4.87.